The van der Waals surface area contributed by atoms with Crippen molar-refractivity contribution in [1.29, 1.82) is 0 Å². The molecule has 0 unspecified atom stereocenters. The van der Waals surface area contributed by atoms with Crippen LogP contribution in [0.2, 0.25) is 0 Å². The van der Waals surface area contributed by atoms with Crippen LogP contribution in [0.1, 0.15) is 42.1 Å². The number of nitrogens with one attached hydrogen (secondary N) is 1. The van der Waals surface area contributed by atoms with Crippen LogP contribution in [0.5, 0.6) is 0 Å². The van der Waals surface area contributed by atoms with Crippen LogP contribution >= 0.6 is 11.3 Å². The molecule has 0 amide bonds. The fraction of sp³-hybridized carbons (Fsp3) is 0.368. The van der Waals surface area contributed by atoms with Gasteiger partial charge >= 0.3 is 0 Å². The minimum absolute atomic E-state index is 0.204. The Kier molecular flexibility index (Phi) is 5.35. The molecule has 140 valence electrons. The Morgan fingerprint density at radius 1 is 1.22 bits per heavy atom. The third-order valence-electron chi connectivity index (χ3n) is 4.66. The number of likely N-dealkylation sites (tertiary alicyclic amines) is 1. The molecule has 1 aromatic carbocycles. The SMILES string of the molecule is CCc1nnc(Nc2cncc([C@@H]3CCCN3Cc3ccc(F)cc3)n2)s1. The molecule has 1 aliphatic heterocycles. The summed E-state index contributed by atoms with van der Waals surface area (Å²) < 4.78 is 13.1. The first-order valence-corrected chi connectivity index (χ1v) is 9.93. The number of nitrogens with zero attached hydrogens (tertiary/aromatic N) is 5. The van der Waals surface area contributed by atoms with E-state index in [1.54, 1.807) is 6.20 Å². The van der Waals surface area contributed by atoms with E-state index in [-0.39, 0.29) is 11.9 Å². The van der Waals surface area contributed by atoms with Gasteiger partial charge in [0.15, 0.2) is 5.82 Å². The van der Waals surface area contributed by atoms with Crippen molar-refractivity contribution in [2.45, 2.75) is 38.8 Å². The lowest BCUT2D eigenvalue weighted by molar-refractivity contribution is 0.244. The van der Waals surface area contributed by atoms with Crippen LogP contribution in [0.15, 0.2) is 36.7 Å². The molecule has 3 aromatic rings. The lowest BCUT2D eigenvalue weighted by atomic mass is 10.1. The van der Waals surface area contributed by atoms with Crippen molar-refractivity contribution in [2.24, 2.45) is 0 Å². The van der Waals surface area contributed by atoms with E-state index in [4.69, 9.17) is 4.98 Å². The molecule has 8 heteroatoms. The van der Waals surface area contributed by atoms with E-state index in [0.29, 0.717) is 5.82 Å². The van der Waals surface area contributed by atoms with Crippen molar-refractivity contribution in [3.05, 3.63) is 58.7 Å². The zero-order chi connectivity index (χ0) is 18.6. The highest BCUT2D eigenvalue weighted by atomic mass is 32.1. The van der Waals surface area contributed by atoms with Gasteiger partial charge in [-0.15, -0.1) is 10.2 Å². The van der Waals surface area contributed by atoms with Crippen LogP contribution in [0.25, 0.3) is 0 Å². The highest BCUT2D eigenvalue weighted by Gasteiger charge is 2.27. The monoisotopic (exact) mass is 384 g/mol. The topological polar surface area (TPSA) is 66.8 Å². The Morgan fingerprint density at radius 2 is 2.07 bits per heavy atom. The van der Waals surface area contributed by atoms with E-state index in [1.165, 1.54) is 23.5 Å². The molecule has 0 saturated carbocycles. The quantitative estimate of drug-likeness (QED) is 0.690. The number of rotatable bonds is 6. The Hall–Kier alpha value is -2.45. The summed E-state index contributed by atoms with van der Waals surface area (Å²) in [6.45, 7) is 3.83. The number of benzene rings is 1. The largest absolute Gasteiger partial charge is 0.313 e. The molecule has 1 fully saturated rings. The van der Waals surface area contributed by atoms with E-state index in [9.17, 15) is 4.39 Å². The lowest BCUT2D eigenvalue weighted by Crippen LogP contribution is -2.23. The van der Waals surface area contributed by atoms with Crippen molar-refractivity contribution >= 4 is 22.3 Å². The molecule has 0 radical (unpaired) electrons. The molecule has 1 saturated heterocycles. The Labute approximate surface area is 161 Å². The summed E-state index contributed by atoms with van der Waals surface area (Å²) in [5.41, 5.74) is 2.05. The van der Waals surface area contributed by atoms with Gasteiger partial charge < -0.3 is 5.32 Å². The maximum absolute atomic E-state index is 13.1. The number of anilines is 2. The summed E-state index contributed by atoms with van der Waals surface area (Å²) in [6.07, 6.45) is 6.55. The molecular formula is C19H21FN6S. The zero-order valence-corrected chi connectivity index (χ0v) is 15.9. The molecule has 4 rings (SSSR count). The van der Waals surface area contributed by atoms with Crippen LogP contribution in [0, 0.1) is 5.82 Å². The van der Waals surface area contributed by atoms with Gasteiger partial charge in [0.05, 0.1) is 24.1 Å². The van der Waals surface area contributed by atoms with Gasteiger partial charge in [0, 0.05) is 6.54 Å². The summed E-state index contributed by atoms with van der Waals surface area (Å²) in [7, 11) is 0. The van der Waals surface area contributed by atoms with Crippen LogP contribution in [-0.4, -0.2) is 31.6 Å². The van der Waals surface area contributed by atoms with Gasteiger partial charge in [0.25, 0.3) is 0 Å². The average molecular weight is 384 g/mol. The molecule has 1 atom stereocenters. The van der Waals surface area contributed by atoms with Crippen LogP contribution < -0.4 is 5.32 Å². The molecular weight excluding hydrogens is 363 g/mol. The first kappa shape index (κ1) is 17.9. The maximum atomic E-state index is 13.1. The summed E-state index contributed by atoms with van der Waals surface area (Å²) >= 11 is 1.53. The highest BCUT2D eigenvalue weighted by Crippen LogP contribution is 2.32. The van der Waals surface area contributed by atoms with E-state index >= 15 is 0 Å². The van der Waals surface area contributed by atoms with Crippen molar-refractivity contribution in [2.75, 3.05) is 11.9 Å². The molecule has 2 aromatic heterocycles. The maximum Gasteiger partial charge on any atom is 0.211 e. The molecule has 0 spiro atoms. The number of halogens is 1. The second-order valence-corrected chi connectivity index (χ2v) is 7.63. The fourth-order valence-corrected chi connectivity index (χ4v) is 4.02. The minimum Gasteiger partial charge on any atom is -0.313 e. The normalized spacial score (nSPS) is 17.3. The van der Waals surface area contributed by atoms with Crippen molar-refractivity contribution < 1.29 is 4.39 Å². The third kappa shape index (κ3) is 4.28. The lowest BCUT2D eigenvalue weighted by Gasteiger charge is -2.24. The van der Waals surface area contributed by atoms with Crippen molar-refractivity contribution in [1.82, 2.24) is 25.1 Å². The molecule has 3 heterocycles. The molecule has 1 N–H and O–H groups in total. The summed E-state index contributed by atoms with van der Waals surface area (Å²) in [5.74, 6) is 0.476. The first-order valence-electron chi connectivity index (χ1n) is 9.11. The zero-order valence-electron chi connectivity index (χ0n) is 15.1. The van der Waals surface area contributed by atoms with E-state index in [2.05, 4.69) is 32.3 Å². The van der Waals surface area contributed by atoms with Gasteiger partial charge in [-0.05, 0) is 43.5 Å². The molecule has 1 aliphatic rings. The standard InChI is InChI=1S/C19H21FN6S/c1-2-18-24-25-19(27-18)23-17-11-21-10-15(22-17)16-4-3-9-26(16)12-13-5-7-14(20)8-6-13/h5-8,10-11,16H,2-4,9,12H2,1H3,(H,22,23,25)/t16-/m0/s1. The Morgan fingerprint density at radius 3 is 2.85 bits per heavy atom. The van der Waals surface area contributed by atoms with E-state index < -0.39 is 0 Å². The summed E-state index contributed by atoms with van der Waals surface area (Å²) in [5, 5.41) is 13.2. The van der Waals surface area contributed by atoms with Gasteiger partial charge in [-0.3, -0.25) is 9.88 Å². The van der Waals surface area contributed by atoms with Crippen LogP contribution in [-0.2, 0) is 13.0 Å². The molecule has 0 aliphatic carbocycles. The predicted octanol–water partition coefficient (Wildman–Crippen LogP) is 4.11. The second-order valence-electron chi connectivity index (χ2n) is 6.56. The fourth-order valence-electron chi connectivity index (χ4n) is 3.33. The van der Waals surface area contributed by atoms with Crippen molar-refractivity contribution in [3.8, 4) is 0 Å². The van der Waals surface area contributed by atoms with E-state index in [0.717, 1.165) is 53.7 Å². The predicted molar refractivity (Wildman–Crippen MR) is 103 cm³/mol. The minimum atomic E-state index is -0.204. The van der Waals surface area contributed by atoms with Gasteiger partial charge in [-0.1, -0.05) is 30.4 Å². The van der Waals surface area contributed by atoms with Gasteiger partial charge in [-0.2, -0.15) is 0 Å². The summed E-state index contributed by atoms with van der Waals surface area (Å²) in [4.78, 5) is 11.5. The van der Waals surface area contributed by atoms with Crippen LogP contribution in [0.3, 0.4) is 0 Å². The number of aromatic nitrogens is 4. The van der Waals surface area contributed by atoms with Gasteiger partial charge in [-0.25, -0.2) is 9.37 Å². The smallest absolute Gasteiger partial charge is 0.211 e. The highest BCUT2D eigenvalue weighted by molar-refractivity contribution is 7.15. The van der Waals surface area contributed by atoms with Crippen molar-refractivity contribution in [3.63, 3.8) is 0 Å². The average Bonchev–Trinajstić information content (AvgIpc) is 3.33. The molecule has 6 nitrogen and oxygen atoms in total. The third-order valence-corrected chi connectivity index (χ3v) is 5.64. The van der Waals surface area contributed by atoms with Gasteiger partial charge in [0.1, 0.15) is 10.8 Å². The number of aryl methyl sites for hydroxylation is 1. The van der Waals surface area contributed by atoms with Crippen LogP contribution in [0.4, 0.5) is 15.3 Å². The number of hydrogen-bond acceptors (Lipinski definition) is 7. The first-order chi connectivity index (χ1) is 13.2. The number of hydrogen-bond donors (Lipinski definition) is 1. The molecule has 0 bridgehead atoms. The Balaban J connectivity index is 1.48. The Bertz CT molecular complexity index is 897. The van der Waals surface area contributed by atoms with Gasteiger partial charge in [0.2, 0.25) is 5.13 Å². The second kappa shape index (κ2) is 8.06. The summed E-state index contributed by atoms with van der Waals surface area (Å²) in [6, 6.07) is 6.92. The van der Waals surface area contributed by atoms with E-state index in [1.807, 2.05) is 18.3 Å². The molecule has 27 heavy (non-hydrogen) atoms.